The van der Waals surface area contributed by atoms with Crippen LogP contribution in [0.5, 0.6) is 0 Å². The van der Waals surface area contributed by atoms with E-state index < -0.39 is 6.10 Å². The zero-order valence-electron chi connectivity index (χ0n) is 8.31. The molecule has 80 valence electrons. The SMILES string of the molecule is COC(=O)/C=C/C[C@H]1OCCC[C@@H]1O. The molecular formula is C10H16O4. The van der Waals surface area contributed by atoms with Gasteiger partial charge in [-0.2, -0.15) is 0 Å². The number of aliphatic hydroxyl groups is 1. The summed E-state index contributed by atoms with van der Waals surface area (Å²) < 4.78 is 9.79. The van der Waals surface area contributed by atoms with Gasteiger partial charge in [-0.15, -0.1) is 0 Å². The average Bonchev–Trinajstić information content (AvgIpc) is 2.20. The van der Waals surface area contributed by atoms with Gasteiger partial charge in [0.15, 0.2) is 0 Å². The van der Waals surface area contributed by atoms with Gasteiger partial charge >= 0.3 is 5.97 Å². The van der Waals surface area contributed by atoms with Crippen LogP contribution in [0.25, 0.3) is 0 Å². The monoisotopic (exact) mass is 200 g/mol. The number of hydrogen-bond acceptors (Lipinski definition) is 4. The van der Waals surface area contributed by atoms with E-state index in [2.05, 4.69) is 4.74 Å². The van der Waals surface area contributed by atoms with Gasteiger partial charge in [0.2, 0.25) is 0 Å². The van der Waals surface area contributed by atoms with Gasteiger partial charge in [0.1, 0.15) is 0 Å². The van der Waals surface area contributed by atoms with Gasteiger partial charge in [0.05, 0.1) is 19.3 Å². The van der Waals surface area contributed by atoms with Crippen LogP contribution in [0.3, 0.4) is 0 Å². The average molecular weight is 200 g/mol. The topological polar surface area (TPSA) is 55.8 Å². The zero-order valence-corrected chi connectivity index (χ0v) is 8.31. The lowest BCUT2D eigenvalue weighted by atomic mass is 10.0. The lowest BCUT2D eigenvalue weighted by molar-refractivity contribution is -0.134. The molecule has 4 heteroatoms. The van der Waals surface area contributed by atoms with E-state index in [4.69, 9.17) is 4.74 Å². The first kappa shape index (κ1) is 11.2. The molecular weight excluding hydrogens is 184 g/mol. The van der Waals surface area contributed by atoms with E-state index >= 15 is 0 Å². The highest BCUT2D eigenvalue weighted by molar-refractivity contribution is 5.81. The molecule has 0 spiro atoms. The molecule has 1 aliphatic rings. The van der Waals surface area contributed by atoms with Crippen LogP contribution in [-0.2, 0) is 14.3 Å². The zero-order chi connectivity index (χ0) is 10.4. The molecule has 0 bridgehead atoms. The molecule has 0 aromatic heterocycles. The molecule has 1 aliphatic heterocycles. The summed E-state index contributed by atoms with van der Waals surface area (Å²) in [7, 11) is 1.33. The second kappa shape index (κ2) is 5.78. The van der Waals surface area contributed by atoms with Gasteiger partial charge < -0.3 is 14.6 Å². The highest BCUT2D eigenvalue weighted by Gasteiger charge is 2.22. The summed E-state index contributed by atoms with van der Waals surface area (Å²) in [4.78, 5) is 10.7. The first-order chi connectivity index (χ1) is 6.74. The number of esters is 1. The molecule has 1 heterocycles. The van der Waals surface area contributed by atoms with Gasteiger partial charge in [-0.05, 0) is 19.3 Å². The van der Waals surface area contributed by atoms with E-state index in [-0.39, 0.29) is 12.1 Å². The van der Waals surface area contributed by atoms with E-state index in [0.29, 0.717) is 13.0 Å². The van der Waals surface area contributed by atoms with Crippen molar-refractivity contribution in [2.45, 2.75) is 31.5 Å². The molecule has 1 rings (SSSR count). The smallest absolute Gasteiger partial charge is 0.330 e. The lowest BCUT2D eigenvalue weighted by Crippen LogP contribution is -2.33. The van der Waals surface area contributed by atoms with Gasteiger partial charge in [0.25, 0.3) is 0 Å². The van der Waals surface area contributed by atoms with E-state index in [0.717, 1.165) is 12.8 Å². The summed E-state index contributed by atoms with van der Waals surface area (Å²) in [5.74, 6) is -0.379. The Morgan fingerprint density at radius 3 is 3.14 bits per heavy atom. The summed E-state index contributed by atoms with van der Waals surface area (Å²) in [6.07, 6.45) is 4.66. The van der Waals surface area contributed by atoms with E-state index in [9.17, 15) is 9.90 Å². The van der Waals surface area contributed by atoms with Gasteiger partial charge in [-0.3, -0.25) is 0 Å². The Balaban J connectivity index is 2.28. The quantitative estimate of drug-likeness (QED) is 0.536. The van der Waals surface area contributed by atoms with Crippen molar-refractivity contribution < 1.29 is 19.4 Å². The molecule has 0 amide bonds. The maximum Gasteiger partial charge on any atom is 0.330 e. The van der Waals surface area contributed by atoms with Crippen LogP contribution >= 0.6 is 0 Å². The highest BCUT2D eigenvalue weighted by atomic mass is 16.5. The molecule has 0 aromatic carbocycles. The molecule has 0 aromatic rings. The minimum absolute atomic E-state index is 0.176. The Kier molecular flexibility index (Phi) is 4.62. The van der Waals surface area contributed by atoms with Crippen molar-refractivity contribution in [3.63, 3.8) is 0 Å². The number of rotatable bonds is 3. The van der Waals surface area contributed by atoms with Crippen LogP contribution in [0.2, 0.25) is 0 Å². The Morgan fingerprint density at radius 1 is 1.71 bits per heavy atom. The summed E-state index contributed by atoms with van der Waals surface area (Å²) in [6.45, 7) is 0.688. The molecule has 1 fully saturated rings. The van der Waals surface area contributed by atoms with E-state index in [1.807, 2.05) is 0 Å². The van der Waals surface area contributed by atoms with Crippen LogP contribution in [0.15, 0.2) is 12.2 Å². The van der Waals surface area contributed by atoms with Crippen molar-refractivity contribution in [2.75, 3.05) is 13.7 Å². The third-order valence-electron chi connectivity index (χ3n) is 2.23. The fourth-order valence-electron chi connectivity index (χ4n) is 1.42. The maximum absolute atomic E-state index is 10.7. The molecule has 0 saturated carbocycles. The Labute approximate surface area is 83.5 Å². The molecule has 14 heavy (non-hydrogen) atoms. The second-order valence-electron chi connectivity index (χ2n) is 3.28. The number of carbonyl (C=O) groups is 1. The summed E-state index contributed by atoms with van der Waals surface area (Å²) in [5.41, 5.74) is 0. The van der Waals surface area contributed by atoms with Crippen molar-refractivity contribution in [3.05, 3.63) is 12.2 Å². The van der Waals surface area contributed by atoms with Gasteiger partial charge in [-0.25, -0.2) is 4.79 Å². The Hall–Kier alpha value is -0.870. The number of ether oxygens (including phenoxy) is 2. The Morgan fingerprint density at radius 2 is 2.50 bits per heavy atom. The largest absolute Gasteiger partial charge is 0.466 e. The fourth-order valence-corrected chi connectivity index (χ4v) is 1.42. The highest BCUT2D eigenvalue weighted by Crippen LogP contribution is 2.16. The lowest BCUT2D eigenvalue weighted by Gasteiger charge is -2.26. The molecule has 1 N–H and O–H groups in total. The van der Waals surface area contributed by atoms with Crippen molar-refractivity contribution in [3.8, 4) is 0 Å². The van der Waals surface area contributed by atoms with E-state index in [1.54, 1.807) is 6.08 Å². The first-order valence-corrected chi connectivity index (χ1v) is 4.78. The van der Waals surface area contributed by atoms with Gasteiger partial charge in [0, 0.05) is 12.7 Å². The summed E-state index contributed by atoms with van der Waals surface area (Å²) >= 11 is 0. The van der Waals surface area contributed by atoms with Crippen LogP contribution < -0.4 is 0 Å². The number of carbonyl (C=O) groups excluding carboxylic acids is 1. The predicted octanol–water partition coefficient (Wildman–Crippen LogP) is 0.646. The molecule has 4 nitrogen and oxygen atoms in total. The van der Waals surface area contributed by atoms with Crippen molar-refractivity contribution >= 4 is 5.97 Å². The standard InChI is InChI=1S/C10H16O4/c1-13-10(12)6-2-5-9-8(11)4-3-7-14-9/h2,6,8-9,11H,3-5,7H2,1H3/b6-2+/t8-,9+/m0/s1. The maximum atomic E-state index is 10.7. The molecule has 0 radical (unpaired) electrons. The number of methoxy groups -OCH3 is 1. The summed E-state index contributed by atoms with van der Waals surface area (Å²) in [6, 6.07) is 0. The molecule has 0 unspecified atom stereocenters. The molecule has 1 saturated heterocycles. The minimum atomic E-state index is -0.411. The second-order valence-corrected chi connectivity index (χ2v) is 3.28. The van der Waals surface area contributed by atoms with Crippen LogP contribution in [0.1, 0.15) is 19.3 Å². The predicted molar refractivity (Wildman–Crippen MR) is 50.8 cm³/mol. The van der Waals surface area contributed by atoms with Gasteiger partial charge in [-0.1, -0.05) is 6.08 Å². The number of hydrogen-bond donors (Lipinski definition) is 1. The third kappa shape index (κ3) is 3.47. The number of aliphatic hydroxyl groups excluding tert-OH is 1. The fraction of sp³-hybridized carbons (Fsp3) is 0.700. The van der Waals surface area contributed by atoms with E-state index in [1.165, 1.54) is 13.2 Å². The first-order valence-electron chi connectivity index (χ1n) is 4.78. The minimum Gasteiger partial charge on any atom is -0.466 e. The van der Waals surface area contributed by atoms with Crippen LogP contribution in [0, 0.1) is 0 Å². The third-order valence-corrected chi connectivity index (χ3v) is 2.23. The molecule has 2 atom stereocenters. The van der Waals surface area contributed by atoms with Crippen LogP contribution in [-0.4, -0.2) is 37.0 Å². The van der Waals surface area contributed by atoms with Crippen molar-refractivity contribution in [1.29, 1.82) is 0 Å². The summed E-state index contributed by atoms with van der Waals surface area (Å²) in [5, 5.41) is 9.52. The Bertz CT molecular complexity index is 212. The van der Waals surface area contributed by atoms with Crippen LogP contribution in [0.4, 0.5) is 0 Å². The normalized spacial score (nSPS) is 27.9. The molecule has 0 aliphatic carbocycles. The van der Waals surface area contributed by atoms with Crippen molar-refractivity contribution in [1.82, 2.24) is 0 Å². The van der Waals surface area contributed by atoms with Crippen molar-refractivity contribution in [2.24, 2.45) is 0 Å².